The van der Waals surface area contributed by atoms with Crippen LogP contribution < -0.4 is 10.6 Å². The Kier molecular flexibility index (Phi) is 5.53. The quantitative estimate of drug-likeness (QED) is 0.594. The van der Waals surface area contributed by atoms with Crippen molar-refractivity contribution < 1.29 is 4.79 Å². The Morgan fingerprint density at radius 1 is 1.07 bits per heavy atom. The Bertz CT molecular complexity index is 944. The number of aryl methyl sites for hydroxylation is 1. The fourth-order valence-corrected chi connectivity index (χ4v) is 3.30. The molecule has 0 saturated heterocycles. The predicted molar refractivity (Wildman–Crippen MR) is 111 cm³/mol. The van der Waals surface area contributed by atoms with E-state index in [9.17, 15) is 4.79 Å². The van der Waals surface area contributed by atoms with Gasteiger partial charge in [0.1, 0.15) is 0 Å². The van der Waals surface area contributed by atoms with Gasteiger partial charge < -0.3 is 10.6 Å². The van der Waals surface area contributed by atoms with Crippen molar-refractivity contribution in [3.63, 3.8) is 0 Å². The molecule has 1 saturated carbocycles. The van der Waals surface area contributed by atoms with Gasteiger partial charge in [0.05, 0.1) is 11.4 Å². The monoisotopic (exact) mass is 374 g/mol. The Hall–Kier alpha value is -2.92. The van der Waals surface area contributed by atoms with E-state index in [-0.39, 0.29) is 11.8 Å². The third-order valence-corrected chi connectivity index (χ3v) is 5.08. The van der Waals surface area contributed by atoms with E-state index in [0.29, 0.717) is 13.1 Å². The molecule has 1 amide bonds. The zero-order chi connectivity index (χ0) is 19.3. The molecule has 2 N–H and O–H groups in total. The van der Waals surface area contributed by atoms with Crippen LogP contribution in [0.25, 0.3) is 16.9 Å². The summed E-state index contributed by atoms with van der Waals surface area (Å²) in [5, 5.41) is 11.3. The van der Waals surface area contributed by atoms with Gasteiger partial charge in [-0.2, -0.15) is 5.10 Å². The number of nitrogens with one attached hydrogen (secondary N) is 2. The average molecular weight is 374 g/mol. The minimum atomic E-state index is 0.194. The molecule has 5 heteroatoms. The van der Waals surface area contributed by atoms with Gasteiger partial charge in [-0.25, -0.2) is 4.68 Å². The second-order valence-electron chi connectivity index (χ2n) is 7.34. The summed E-state index contributed by atoms with van der Waals surface area (Å²) in [6.07, 6.45) is 4.17. The summed E-state index contributed by atoms with van der Waals surface area (Å²) in [7, 11) is 0. The largest absolute Gasteiger partial charge is 0.355 e. The van der Waals surface area contributed by atoms with Crippen LogP contribution in [-0.4, -0.2) is 28.8 Å². The first-order valence-electron chi connectivity index (χ1n) is 9.91. The Balaban J connectivity index is 1.48. The van der Waals surface area contributed by atoms with Gasteiger partial charge in [0.15, 0.2) is 0 Å². The molecule has 1 aromatic heterocycles. The summed E-state index contributed by atoms with van der Waals surface area (Å²) in [5.41, 5.74) is 5.54. The van der Waals surface area contributed by atoms with Gasteiger partial charge in [-0.3, -0.25) is 4.79 Å². The molecule has 0 radical (unpaired) electrons. The van der Waals surface area contributed by atoms with Gasteiger partial charge in [-0.1, -0.05) is 42.5 Å². The van der Waals surface area contributed by atoms with E-state index in [2.05, 4.69) is 54.1 Å². The SMILES string of the molecule is Cc1ccccc1-c1nn(-c2ccccc2)cc1CNCCNC(=O)C1CC1. The highest BCUT2D eigenvalue weighted by Crippen LogP contribution is 2.28. The van der Waals surface area contributed by atoms with E-state index in [1.165, 1.54) is 5.56 Å². The summed E-state index contributed by atoms with van der Waals surface area (Å²) in [6, 6.07) is 18.5. The lowest BCUT2D eigenvalue weighted by Crippen LogP contribution is -2.32. The molecule has 1 fully saturated rings. The molecule has 5 nitrogen and oxygen atoms in total. The smallest absolute Gasteiger partial charge is 0.223 e. The van der Waals surface area contributed by atoms with Crippen molar-refractivity contribution in [1.82, 2.24) is 20.4 Å². The van der Waals surface area contributed by atoms with E-state index in [0.717, 1.165) is 41.9 Å². The van der Waals surface area contributed by atoms with Crippen LogP contribution in [0.5, 0.6) is 0 Å². The van der Waals surface area contributed by atoms with Crippen LogP contribution in [0.3, 0.4) is 0 Å². The van der Waals surface area contributed by atoms with Crippen molar-refractivity contribution in [3.05, 3.63) is 71.9 Å². The van der Waals surface area contributed by atoms with E-state index in [4.69, 9.17) is 5.10 Å². The van der Waals surface area contributed by atoms with Gasteiger partial charge in [0, 0.05) is 42.9 Å². The highest BCUT2D eigenvalue weighted by molar-refractivity contribution is 5.80. The van der Waals surface area contributed by atoms with Gasteiger partial charge in [-0.15, -0.1) is 0 Å². The van der Waals surface area contributed by atoms with Crippen LogP contribution in [0.2, 0.25) is 0 Å². The van der Waals surface area contributed by atoms with Gasteiger partial charge >= 0.3 is 0 Å². The average Bonchev–Trinajstić information content (AvgIpc) is 3.49. The fourth-order valence-electron chi connectivity index (χ4n) is 3.30. The second kappa shape index (κ2) is 8.40. The molecule has 1 aliphatic carbocycles. The number of aromatic nitrogens is 2. The molecular weight excluding hydrogens is 348 g/mol. The van der Waals surface area contributed by atoms with Crippen molar-refractivity contribution in [3.8, 4) is 16.9 Å². The molecule has 0 atom stereocenters. The molecule has 0 unspecified atom stereocenters. The maximum Gasteiger partial charge on any atom is 0.223 e. The number of hydrogen-bond donors (Lipinski definition) is 2. The molecular formula is C23H26N4O. The zero-order valence-corrected chi connectivity index (χ0v) is 16.2. The van der Waals surface area contributed by atoms with Crippen molar-refractivity contribution >= 4 is 5.91 Å². The Morgan fingerprint density at radius 3 is 2.57 bits per heavy atom. The van der Waals surface area contributed by atoms with Crippen molar-refractivity contribution in [1.29, 1.82) is 0 Å². The highest BCUT2D eigenvalue weighted by Gasteiger charge is 2.28. The molecule has 0 bridgehead atoms. The molecule has 144 valence electrons. The molecule has 28 heavy (non-hydrogen) atoms. The number of nitrogens with zero attached hydrogens (tertiary/aromatic N) is 2. The number of carbonyl (C=O) groups excluding carboxylic acids is 1. The number of hydrogen-bond acceptors (Lipinski definition) is 3. The Labute approximate surface area is 165 Å². The molecule has 4 rings (SSSR count). The minimum Gasteiger partial charge on any atom is -0.355 e. The molecule has 0 spiro atoms. The topological polar surface area (TPSA) is 59.0 Å². The minimum absolute atomic E-state index is 0.194. The normalized spacial score (nSPS) is 13.5. The summed E-state index contributed by atoms with van der Waals surface area (Å²) >= 11 is 0. The summed E-state index contributed by atoms with van der Waals surface area (Å²) in [4.78, 5) is 11.7. The first-order chi connectivity index (χ1) is 13.7. The van der Waals surface area contributed by atoms with Gasteiger partial charge in [0.2, 0.25) is 5.91 Å². The van der Waals surface area contributed by atoms with Crippen LogP contribution in [0.15, 0.2) is 60.8 Å². The van der Waals surface area contributed by atoms with Crippen LogP contribution in [0, 0.1) is 12.8 Å². The maximum absolute atomic E-state index is 11.7. The number of para-hydroxylation sites is 1. The summed E-state index contributed by atoms with van der Waals surface area (Å²) in [5.74, 6) is 0.455. The van der Waals surface area contributed by atoms with Crippen LogP contribution in [0.1, 0.15) is 24.0 Å². The predicted octanol–water partition coefficient (Wildman–Crippen LogP) is 3.46. The van der Waals surface area contributed by atoms with E-state index < -0.39 is 0 Å². The summed E-state index contributed by atoms with van der Waals surface area (Å²) in [6.45, 7) is 4.21. The molecule has 3 aromatic rings. The Morgan fingerprint density at radius 2 is 1.82 bits per heavy atom. The van der Waals surface area contributed by atoms with E-state index >= 15 is 0 Å². The van der Waals surface area contributed by atoms with Crippen LogP contribution in [-0.2, 0) is 11.3 Å². The molecule has 0 aliphatic heterocycles. The van der Waals surface area contributed by atoms with E-state index in [1.807, 2.05) is 28.9 Å². The number of carbonyl (C=O) groups is 1. The maximum atomic E-state index is 11.7. The van der Waals surface area contributed by atoms with Gasteiger partial charge in [0.25, 0.3) is 0 Å². The lowest BCUT2D eigenvalue weighted by Gasteiger charge is -2.08. The fraction of sp³-hybridized carbons (Fsp3) is 0.304. The van der Waals surface area contributed by atoms with Crippen molar-refractivity contribution in [2.75, 3.05) is 13.1 Å². The zero-order valence-electron chi connectivity index (χ0n) is 16.2. The number of rotatable bonds is 8. The number of benzene rings is 2. The first kappa shape index (κ1) is 18.4. The number of amides is 1. The lowest BCUT2D eigenvalue weighted by molar-refractivity contribution is -0.122. The first-order valence-corrected chi connectivity index (χ1v) is 9.91. The standard InChI is InChI=1S/C23H26N4O/c1-17-7-5-6-10-21(17)22-19(15-24-13-14-25-23(28)18-11-12-18)16-27(26-22)20-8-3-2-4-9-20/h2-10,16,18,24H,11-15H2,1H3,(H,25,28). The third-order valence-electron chi connectivity index (χ3n) is 5.08. The second-order valence-corrected chi connectivity index (χ2v) is 7.34. The van der Waals surface area contributed by atoms with Crippen LogP contribution in [0.4, 0.5) is 0 Å². The molecule has 1 heterocycles. The summed E-state index contributed by atoms with van der Waals surface area (Å²) < 4.78 is 1.94. The van der Waals surface area contributed by atoms with Gasteiger partial charge in [-0.05, 0) is 37.5 Å². The molecule has 2 aromatic carbocycles. The highest BCUT2D eigenvalue weighted by atomic mass is 16.2. The van der Waals surface area contributed by atoms with Crippen molar-refractivity contribution in [2.45, 2.75) is 26.3 Å². The van der Waals surface area contributed by atoms with Crippen LogP contribution >= 0.6 is 0 Å². The lowest BCUT2D eigenvalue weighted by atomic mass is 10.0. The molecule has 1 aliphatic rings. The van der Waals surface area contributed by atoms with E-state index in [1.54, 1.807) is 0 Å². The third kappa shape index (κ3) is 4.31. The van der Waals surface area contributed by atoms with Crippen molar-refractivity contribution in [2.24, 2.45) is 5.92 Å².